The van der Waals surface area contributed by atoms with Crippen LogP contribution in [0, 0.1) is 0 Å². The first-order chi connectivity index (χ1) is 2.27. The molecule has 0 aliphatic rings. The van der Waals surface area contributed by atoms with Crippen LogP contribution in [0.25, 0.3) is 0 Å². The van der Waals surface area contributed by atoms with E-state index in [1.807, 2.05) is 0 Å². The van der Waals surface area contributed by atoms with Crippen molar-refractivity contribution >= 4 is 22.6 Å². The molecule has 0 spiro atoms. The number of hydrogen-bond acceptors (Lipinski definition) is 1. The molecule has 2 N–H and O–H groups in total. The number of rotatable bonds is 1. The van der Waals surface area contributed by atoms with Gasteiger partial charge in [-0.2, -0.15) is 0 Å². The van der Waals surface area contributed by atoms with Crippen LogP contribution in [0.2, 0.25) is 0 Å². The maximum atomic E-state index is 5.24. The lowest BCUT2D eigenvalue weighted by molar-refractivity contribution is 1.15. The molecule has 0 rings (SSSR count). The molecule has 38 valence electrons. The zero-order valence-corrected chi connectivity index (χ0v) is 6.66. The molecule has 1 nitrogen and oxygen atoms in total. The van der Waals surface area contributed by atoms with Crippen molar-refractivity contribution in [2.24, 2.45) is 5.73 Å². The summed E-state index contributed by atoms with van der Waals surface area (Å²) in [7, 11) is 1.03. The van der Waals surface area contributed by atoms with Crippen molar-refractivity contribution in [1.29, 1.82) is 0 Å². The fourth-order valence-electron chi connectivity index (χ4n) is 0. The molecule has 0 aromatic carbocycles. The van der Waals surface area contributed by atoms with Crippen LogP contribution < -0.4 is 5.73 Å². The topological polar surface area (TPSA) is 26.0 Å². The van der Waals surface area contributed by atoms with E-state index in [2.05, 4.69) is 6.58 Å². The molecule has 6 heavy (non-hydrogen) atoms. The summed E-state index contributed by atoms with van der Waals surface area (Å²) < 4.78 is 0. The fraction of sp³-hybridized carbons (Fsp3) is 0.333. The maximum absolute atomic E-state index is 5.24. The second-order valence-corrected chi connectivity index (χ2v) is 2.43. The Morgan fingerprint density at radius 2 is 2.00 bits per heavy atom. The number of nitrogens with two attached hydrogens (primary N) is 1. The molecule has 0 saturated heterocycles. The molecular weight excluding hydrogens is 114 g/mol. The molecule has 0 amide bonds. The minimum absolute atomic E-state index is 0. The Hall–Kier alpha value is 0.207. The Labute approximate surface area is 47.4 Å². The smallest absolute Gasteiger partial charge is 0.0287 e. The first-order valence-corrected chi connectivity index (χ1v) is 2.81. The zero-order valence-electron chi connectivity index (χ0n) is 3.85. The lowest BCUT2D eigenvalue weighted by Gasteiger charge is -1.85. The van der Waals surface area contributed by atoms with E-state index in [9.17, 15) is 0 Å². The lowest BCUT2D eigenvalue weighted by atomic mass is 10.7. The monoisotopic (exact) mass is 123 g/mol. The summed E-state index contributed by atoms with van der Waals surface area (Å²) in [5.74, 6) is 0. The van der Waals surface area contributed by atoms with Crippen LogP contribution in [-0.2, 0) is 0 Å². The van der Waals surface area contributed by atoms with Crippen LogP contribution >= 0.6 is 12.4 Å². The van der Waals surface area contributed by atoms with E-state index in [0.717, 1.165) is 10.2 Å². The molecule has 0 saturated carbocycles. The van der Waals surface area contributed by atoms with Crippen LogP contribution in [-0.4, -0.2) is 15.9 Å². The minimum Gasteiger partial charge on any atom is -0.328 e. The molecule has 0 bridgehead atoms. The van der Waals surface area contributed by atoms with Gasteiger partial charge in [0.2, 0.25) is 0 Å². The lowest BCUT2D eigenvalue weighted by Crippen LogP contribution is -2.14. The highest BCUT2D eigenvalue weighted by molar-refractivity contribution is 6.12. The van der Waals surface area contributed by atoms with Gasteiger partial charge in [0, 0.05) is 15.9 Å². The third kappa shape index (κ3) is 8.88. The Balaban J connectivity index is 0. The van der Waals surface area contributed by atoms with Gasteiger partial charge in [0.05, 0.1) is 0 Å². The van der Waals surface area contributed by atoms with Gasteiger partial charge in [-0.3, -0.25) is 0 Å². The fourth-order valence-corrected chi connectivity index (χ4v) is 0. The standard InChI is InChI=1S/C3H9NSi.ClH/c1-2-3(4)5;/h2-3H,1,4H2,5H3;1H. The SMILES string of the molecule is C=CC(N)[SiH3].Cl. The van der Waals surface area contributed by atoms with Gasteiger partial charge < -0.3 is 5.73 Å². The van der Waals surface area contributed by atoms with E-state index in [0.29, 0.717) is 0 Å². The molecule has 1 unspecified atom stereocenters. The van der Waals surface area contributed by atoms with E-state index >= 15 is 0 Å². The van der Waals surface area contributed by atoms with Gasteiger partial charge in [0.1, 0.15) is 0 Å². The van der Waals surface area contributed by atoms with Crippen LogP contribution in [0.3, 0.4) is 0 Å². The second kappa shape index (κ2) is 5.21. The normalized spacial score (nSPS) is 12.2. The Kier molecular flexibility index (Phi) is 8.25. The Morgan fingerprint density at radius 1 is 1.83 bits per heavy atom. The molecule has 0 aromatic rings. The molecule has 0 aliphatic heterocycles. The Bertz CT molecular complexity index is 37.8. The van der Waals surface area contributed by atoms with Crippen LogP contribution in [0.15, 0.2) is 12.7 Å². The van der Waals surface area contributed by atoms with Crippen molar-refractivity contribution in [2.45, 2.75) is 5.67 Å². The molecule has 0 aliphatic carbocycles. The van der Waals surface area contributed by atoms with Crippen LogP contribution in [0.1, 0.15) is 0 Å². The van der Waals surface area contributed by atoms with Crippen molar-refractivity contribution in [3.05, 3.63) is 12.7 Å². The summed E-state index contributed by atoms with van der Waals surface area (Å²) in [5, 5.41) is 0. The molecule has 0 heterocycles. The van der Waals surface area contributed by atoms with Crippen molar-refractivity contribution in [2.75, 3.05) is 0 Å². The van der Waals surface area contributed by atoms with Crippen molar-refractivity contribution < 1.29 is 0 Å². The minimum atomic E-state index is 0. The third-order valence-electron chi connectivity index (χ3n) is 0.372. The van der Waals surface area contributed by atoms with Crippen LogP contribution in [0.4, 0.5) is 0 Å². The molecular formula is C3H10ClNSi. The van der Waals surface area contributed by atoms with Crippen molar-refractivity contribution in [3.63, 3.8) is 0 Å². The largest absolute Gasteiger partial charge is 0.328 e. The first kappa shape index (κ1) is 9.51. The molecule has 0 fully saturated rings. The number of halogens is 1. The zero-order chi connectivity index (χ0) is 4.28. The summed E-state index contributed by atoms with van der Waals surface area (Å²) in [6.07, 6.45) is 1.76. The first-order valence-electron chi connectivity index (χ1n) is 1.65. The van der Waals surface area contributed by atoms with Gasteiger partial charge in [0.15, 0.2) is 0 Å². The summed E-state index contributed by atoms with van der Waals surface area (Å²) in [4.78, 5) is 0. The van der Waals surface area contributed by atoms with Gasteiger partial charge in [-0.1, -0.05) is 6.08 Å². The van der Waals surface area contributed by atoms with E-state index in [-0.39, 0.29) is 18.1 Å². The van der Waals surface area contributed by atoms with Gasteiger partial charge >= 0.3 is 0 Å². The van der Waals surface area contributed by atoms with E-state index in [4.69, 9.17) is 5.73 Å². The maximum Gasteiger partial charge on any atom is 0.0287 e. The average Bonchev–Trinajstić information content (AvgIpc) is 1.38. The van der Waals surface area contributed by atoms with E-state index in [1.54, 1.807) is 6.08 Å². The highest BCUT2D eigenvalue weighted by atomic mass is 35.5. The quantitative estimate of drug-likeness (QED) is 0.360. The molecule has 3 heteroatoms. The van der Waals surface area contributed by atoms with Gasteiger partial charge in [-0.25, -0.2) is 0 Å². The van der Waals surface area contributed by atoms with Gasteiger partial charge in [0.25, 0.3) is 0 Å². The highest BCUT2D eigenvalue weighted by Crippen LogP contribution is 1.60. The molecule has 1 atom stereocenters. The van der Waals surface area contributed by atoms with Gasteiger partial charge in [-0.15, -0.1) is 19.0 Å². The highest BCUT2D eigenvalue weighted by Gasteiger charge is 1.73. The second-order valence-electron chi connectivity index (χ2n) is 1.09. The van der Waals surface area contributed by atoms with Crippen molar-refractivity contribution in [1.82, 2.24) is 0 Å². The summed E-state index contributed by atoms with van der Waals surface area (Å²) >= 11 is 0. The number of hydrogen-bond donors (Lipinski definition) is 1. The van der Waals surface area contributed by atoms with E-state index < -0.39 is 0 Å². The van der Waals surface area contributed by atoms with Crippen LogP contribution in [0.5, 0.6) is 0 Å². The average molecular weight is 124 g/mol. The third-order valence-corrected chi connectivity index (χ3v) is 0.843. The van der Waals surface area contributed by atoms with Gasteiger partial charge in [-0.05, 0) is 0 Å². The summed E-state index contributed by atoms with van der Waals surface area (Å²) in [6, 6.07) is 0. The summed E-state index contributed by atoms with van der Waals surface area (Å²) in [5.41, 5.74) is 5.52. The molecule has 0 radical (unpaired) electrons. The summed E-state index contributed by atoms with van der Waals surface area (Å²) in [6.45, 7) is 3.47. The molecule has 0 aromatic heterocycles. The van der Waals surface area contributed by atoms with Crippen molar-refractivity contribution in [3.8, 4) is 0 Å². The van der Waals surface area contributed by atoms with E-state index in [1.165, 1.54) is 0 Å². The predicted molar refractivity (Wildman–Crippen MR) is 35.4 cm³/mol. The Morgan fingerprint density at radius 3 is 2.00 bits per heavy atom. The predicted octanol–water partition coefficient (Wildman–Crippen LogP) is -0.756.